The molecular weight excluding hydrogens is 395 g/mol. The highest BCUT2D eigenvalue weighted by atomic mass is 35.5. The van der Waals surface area contributed by atoms with E-state index in [4.69, 9.17) is 28.9 Å². The summed E-state index contributed by atoms with van der Waals surface area (Å²) < 4.78 is 0. The molecular formula is C21H24Cl2N4O. The van der Waals surface area contributed by atoms with Gasteiger partial charge in [-0.25, -0.2) is 4.99 Å². The predicted octanol–water partition coefficient (Wildman–Crippen LogP) is 4.28. The van der Waals surface area contributed by atoms with Gasteiger partial charge in [0.25, 0.3) is 0 Å². The first-order valence-electron chi connectivity index (χ1n) is 9.29. The molecule has 3 rings (SSSR count). The molecule has 1 atom stereocenters. The van der Waals surface area contributed by atoms with Crippen molar-refractivity contribution in [3.8, 4) is 0 Å². The Morgan fingerprint density at radius 3 is 2.75 bits per heavy atom. The van der Waals surface area contributed by atoms with E-state index < -0.39 is 0 Å². The standard InChI is InChI=1S/C21H24Cl2N4O/c1-14(18-8-7-17(22)11-19(18)23)26-21(24)25-12-15-4-2-5-16(10-15)13-27-9-3-6-20(27)28/h2,4-5,7-8,10-11,14H,3,6,9,12-13H2,1H3,(H3,24,25,26). The Kier molecular flexibility index (Phi) is 6.81. The smallest absolute Gasteiger partial charge is 0.222 e. The Bertz CT molecular complexity index is 884. The average molecular weight is 419 g/mol. The number of benzene rings is 2. The first-order chi connectivity index (χ1) is 13.4. The maximum atomic E-state index is 11.8. The minimum Gasteiger partial charge on any atom is -0.370 e. The summed E-state index contributed by atoms with van der Waals surface area (Å²) in [6.45, 7) is 3.91. The van der Waals surface area contributed by atoms with Crippen molar-refractivity contribution in [1.82, 2.24) is 10.2 Å². The van der Waals surface area contributed by atoms with Gasteiger partial charge in [0.15, 0.2) is 5.96 Å². The lowest BCUT2D eigenvalue weighted by Crippen LogP contribution is -2.34. The van der Waals surface area contributed by atoms with Crippen LogP contribution in [0.4, 0.5) is 0 Å². The molecule has 0 spiro atoms. The van der Waals surface area contributed by atoms with Crippen molar-refractivity contribution in [2.24, 2.45) is 10.7 Å². The Morgan fingerprint density at radius 1 is 1.25 bits per heavy atom. The van der Waals surface area contributed by atoms with Crippen LogP contribution in [0.3, 0.4) is 0 Å². The second-order valence-electron chi connectivity index (χ2n) is 6.97. The molecule has 1 saturated heterocycles. The number of aliphatic imine (C=N–C) groups is 1. The molecule has 1 heterocycles. The second-order valence-corrected chi connectivity index (χ2v) is 7.82. The molecule has 148 valence electrons. The SMILES string of the molecule is CC(NC(N)=NCc1cccc(CN2CCCC2=O)c1)c1ccc(Cl)cc1Cl. The van der Waals surface area contributed by atoms with Crippen LogP contribution >= 0.6 is 23.2 Å². The van der Waals surface area contributed by atoms with Crippen molar-refractivity contribution in [1.29, 1.82) is 0 Å². The van der Waals surface area contributed by atoms with Crippen molar-refractivity contribution in [2.45, 2.75) is 38.9 Å². The van der Waals surface area contributed by atoms with E-state index in [9.17, 15) is 4.79 Å². The van der Waals surface area contributed by atoms with Crippen molar-refractivity contribution in [3.05, 3.63) is 69.2 Å². The minimum atomic E-state index is -0.0963. The number of halogens is 2. The van der Waals surface area contributed by atoms with Crippen LogP contribution in [0.15, 0.2) is 47.5 Å². The third kappa shape index (κ3) is 5.40. The predicted molar refractivity (Wildman–Crippen MR) is 114 cm³/mol. The first-order valence-corrected chi connectivity index (χ1v) is 10.0. The number of nitrogens with two attached hydrogens (primary N) is 1. The zero-order valence-corrected chi connectivity index (χ0v) is 17.3. The van der Waals surface area contributed by atoms with Gasteiger partial charge in [-0.1, -0.05) is 53.5 Å². The van der Waals surface area contributed by atoms with Gasteiger partial charge in [0, 0.05) is 29.6 Å². The van der Waals surface area contributed by atoms with Gasteiger partial charge < -0.3 is 16.0 Å². The summed E-state index contributed by atoms with van der Waals surface area (Å²) in [5.74, 6) is 0.574. The number of nitrogens with zero attached hydrogens (tertiary/aromatic N) is 2. The molecule has 1 aliphatic heterocycles. The number of hydrogen-bond donors (Lipinski definition) is 2. The lowest BCUT2D eigenvalue weighted by atomic mass is 10.1. The van der Waals surface area contributed by atoms with Gasteiger partial charge in [-0.2, -0.15) is 0 Å². The molecule has 1 amide bonds. The Balaban J connectivity index is 1.59. The number of hydrogen-bond acceptors (Lipinski definition) is 2. The highest BCUT2D eigenvalue weighted by molar-refractivity contribution is 6.35. The summed E-state index contributed by atoms with van der Waals surface area (Å²) in [6, 6.07) is 13.4. The second kappa shape index (κ2) is 9.30. The number of likely N-dealkylation sites (tertiary alicyclic amines) is 1. The molecule has 7 heteroatoms. The van der Waals surface area contributed by atoms with Crippen molar-refractivity contribution in [3.63, 3.8) is 0 Å². The maximum absolute atomic E-state index is 11.8. The van der Waals surface area contributed by atoms with Crippen molar-refractivity contribution < 1.29 is 4.79 Å². The van der Waals surface area contributed by atoms with Crippen LogP contribution in [0.1, 0.15) is 42.5 Å². The van der Waals surface area contributed by atoms with Gasteiger partial charge in [-0.15, -0.1) is 0 Å². The maximum Gasteiger partial charge on any atom is 0.222 e. The molecule has 1 unspecified atom stereocenters. The zero-order valence-electron chi connectivity index (χ0n) is 15.8. The summed E-state index contributed by atoms with van der Waals surface area (Å²) in [5, 5.41) is 4.34. The average Bonchev–Trinajstić information content (AvgIpc) is 3.05. The highest BCUT2D eigenvalue weighted by Crippen LogP contribution is 2.26. The van der Waals surface area contributed by atoms with Gasteiger partial charge in [0.1, 0.15) is 0 Å². The van der Waals surface area contributed by atoms with E-state index in [0.717, 1.165) is 29.7 Å². The van der Waals surface area contributed by atoms with Crippen LogP contribution in [-0.2, 0) is 17.9 Å². The van der Waals surface area contributed by atoms with Gasteiger partial charge in [-0.05, 0) is 42.2 Å². The van der Waals surface area contributed by atoms with Crippen LogP contribution in [0.2, 0.25) is 10.0 Å². The summed E-state index contributed by atoms with van der Waals surface area (Å²) in [4.78, 5) is 18.1. The molecule has 0 saturated carbocycles. The molecule has 2 aromatic carbocycles. The first kappa shape index (κ1) is 20.5. The van der Waals surface area contributed by atoms with Gasteiger partial charge >= 0.3 is 0 Å². The summed E-state index contributed by atoms with van der Waals surface area (Å²) in [6.07, 6.45) is 1.60. The fraction of sp³-hybridized carbons (Fsp3) is 0.333. The van der Waals surface area contributed by atoms with Crippen molar-refractivity contribution in [2.75, 3.05) is 6.54 Å². The fourth-order valence-electron chi connectivity index (χ4n) is 3.29. The van der Waals surface area contributed by atoms with Crippen LogP contribution in [0, 0.1) is 0 Å². The Labute approximate surface area is 175 Å². The van der Waals surface area contributed by atoms with Crippen LogP contribution in [-0.4, -0.2) is 23.3 Å². The number of carbonyl (C=O) groups excluding carboxylic acids is 1. The third-order valence-electron chi connectivity index (χ3n) is 4.76. The van der Waals surface area contributed by atoms with E-state index in [2.05, 4.69) is 16.4 Å². The number of carbonyl (C=O) groups is 1. The van der Waals surface area contributed by atoms with E-state index in [1.807, 2.05) is 36.1 Å². The molecule has 0 aromatic heterocycles. The molecule has 0 aliphatic carbocycles. The van der Waals surface area contributed by atoms with E-state index in [1.54, 1.807) is 12.1 Å². The number of nitrogens with one attached hydrogen (secondary N) is 1. The Morgan fingerprint density at radius 2 is 2.04 bits per heavy atom. The third-order valence-corrected chi connectivity index (χ3v) is 5.32. The molecule has 1 fully saturated rings. The normalized spacial score (nSPS) is 15.8. The summed E-state index contributed by atoms with van der Waals surface area (Å²) >= 11 is 12.2. The van der Waals surface area contributed by atoms with Crippen LogP contribution in [0.25, 0.3) is 0 Å². The molecule has 28 heavy (non-hydrogen) atoms. The fourth-order valence-corrected chi connectivity index (χ4v) is 3.86. The zero-order chi connectivity index (χ0) is 20.1. The van der Waals surface area contributed by atoms with E-state index >= 15 is 0 Å². The van der Waals surface area contributed by atoms with Crippen LogP contribution < -0.4 is 11.1 Å². The molecule has 1 aliphatic rings. The van der Waals surface area contributed by atoms with Gasteiger partial charge in [0.05, 0.1) is 12.6 Å². The quantitative estimate of drug-likeness (QED) is 0.542. The summed E-state index contributed by atoms with van der Waals surface area (Å²) in [5.41, 5.74) is 9.10. The van der Waals surface area contributed by atoms with E-state index in [0.29, 0.717) is 35.5 Å². The monoisotopic (exact) mass is 418 g/mol. The largest absolute Gasteiger partial charge is 0.370 e. The minimum absolute atomic E-state index is 0.0963. The van der Waals surface area contributed by atoms with E-state index in [1.165, 1.54) is 0 Å². The lowest BCUT2D eigenvalue weighted by molar-refractivity contribution is -0.128. The molecule has 5 nitrogen and oxygen atoms in total. The van der Waals surface area contributed by atoms with Gasteiger partial charge in [-0.3, -0.25) is 4.79 Å². The molecule has 0 radical (unpaired) electrons. The number of guanidine groups is 1. The number of amides is 1. The molecule has 2 aromatic rings. The molecule has 3 N–H and O–H groups in total. The summed E-state index contributed by atoms with van der Waals surface area (Å²) in [7, 11) is 0. The van der Waals surface area contributed by atoms with Crippen LogP contribution in [0.5, 0.6) is 0 Å². The lowest BCUT2D eigenvalue weighted by Gasteiger charge is -2.17. The van der Waals surface area contributed by atoms with E-state index in [-0.39, 0.29) is 11.9 Å². The van der Waals surface area contributed by atoms with Gasteiger partial charge in [0.2, 0.25) is 5.91 Å². The Hall–Kier alpha value is -2.24. The number of rotatable bonds is 6. The molecule has 0 bridgehead atoms. The highest BCUT2D eigenvalue weighted by Gasteiger charge is 2.19. The topological polar surface area (TPSA) is 70.7 Å². The van der Waals surface area contributed by atoms with Crippen molar-refractivity contribution >= 4 is 35.1 Å².